The molecule has 18 heavy (non-hydrogen) atoms. The lowest BCUT2D eigenvalue weighted by molar-refractivity contribution is 0.462. The fourth-order valence-corrected chi connectivity index (χ4v) is 3.02. The number of hydrogen-bond acceptors (Lipinski definition) is 3. The molecule has 1 atom stereocenters. The Labute approximate surface area is 116 Å². The van der Waals surface area contributed by atoms with Crippen molar-refractivity contribution < 1.29 is 0 Å². The number of nitrogens with one attached hydrogen (secondary N) is 1. The van der Waals surface area contributed by atoms with Crippen molar-refractivity contribution in [1.29, 1.82) is 5.26 Å². The number of nitrogens with two attached hydrogens (primary N) is 1. The molecule has 3 N–H and O–H groups in total. The van der Waals surface area contributed by atoms with E-state index in [1.807, 2.05) is 18.2 Å². The third kappa shape index (κ3) is 3.04. The molecule has 1 unspecified atom stereocenters. The topological polar surface area (TPSA) is 61.8 Å². The van der Waals surface area contributed by atoms with E-state index in [1.54, 1.807) is 0 Å². The average Bonchev–Trinajstić information content (AvgIpc) is 2.90. The summed E-state index contributed by atoms with van der Waals surface area (Å²) in [5.41, 5.74) is 7.43. The monoisotopic (exact) mass is 307 g/mol. The number of nitrogens with zero attached hydrogens (tertiary/aromatic N) is 1. The first-order valence-electron chi connectivity index (χ1n) is 6.41. The van der Waals surface area contributed by atoms with Crippen molar-refractivity contribution in [2.45, 2.75) is 31.7 Å². The molecule has 0 saturated heterocycles. The van der Waals surface area contributed by atoms with Gasteiger partial charge in [-0.3, -0.25) is 0 Å². The molecular formula is C14H18BrN3. The quantitative estimate of drug-likeness (QED) is 0.897. The summed E-state index contributed by atoms with van der Waals surface area (Å²) in [5.74, 6) is 0.639. The number of anilines is 1. The van der Waals surface area contributed by atoms with E-state index in [4.69, 9.17) is 11.0 Å². The van der Waals surface area contributed by atoms with Crippen molar-refractivity contribution in [3.63, 3.8) is 0 Å². The molecule has 3 nitrogen and oxygen atoms in total. The Morgan fingerprint density at radius 1 is 1.44 bits per heavy atom. The van der Waals surface area contributed by atoms with Gasteiger partial charge in [0.1, 0.15) is 6.07 Å². The van der Waals surface area contributed by atoms with Crippen molar-refractivity contribution in [3.8, 4) is 6.07 Å². The smallest absolute Gasteiger partial charge is 0.101 e. The number of hydrogen-bond donors (Lipinski definition) is 2. The molecule has 96 valence electrons. The second-order valence-electron chi connectivity index (χ2n) is 4.83. The van der Waals surface area contributed by atoms with E-state index in [2.05, 4.69) is 27.3 Å². The first kappa shape index (κ1) is 13.4. The van der Waals surface area contributed by atoms with Gasteiger partial charge in [0.05, 0.1) is 11.3 Å². The van der Waals surface area contributed by atoms with Crippen LogP contribution in [-0.4, -0.2) is 12.6 Å². The first-order valence-corrected chi connectivity index (χ1v) is 7.20. The van der Waals surface area contributed by atoms with Gasteiger partial charge >= 0.3 is 0 Å². The van der Waals surface area contributed by atoms with Crippen LogP contribution in [0, 0.1) is 17.2 Å². The zero-order chi connectivity index (χ0) is 13.0. The summed E-state index contributed by atoms with van der Waals surface area (Å²) >= 11 is 3.44. The lowest BCUT2D eigenvalue weighted by Gasteiger charge is -2.24. The van der Waals surface area contributed by atoms with Crippen LogP contribution >= 0.6 is 15.9 Å². The van der Waals surface area contributed by atoms with Crippen molar-refractivity contribution >= 4 is 21.6 Å². The Hall–Kier alpha value is -1.05. The maximum Gasteiger partial charge on any atom is 0.101 e. The predicted molar refractivity (Wildman–Crippen MR) is 77.3 cm³/mol. The van der Waals surface area contributed by atoms with Gasteiger partial charge in [-0.05, 0) is 37.0 Å². The van der Waals surface area contributed by atoms with Gasteiger partial charge in [0.15, 0.2) is 0 Å². The lowest BCUT2D eigenvalue weighted by atomic mass is 9.97. The Morgan fingerprint density at radius 3 is 2.78 bits per heavy atom. The molecule has 4 heteroatoms. The highest BCUT2D eigenvalue weighted by Gasteiger charge is 2.24. The predicted octanol–water partition coefficient (Wildman–Crippen LogP) is 3.25. The fraction of sp³-hybridized carbons (Fsp3) is 0.500. The van der Waals surface area contributed by atoms with E-state index >= 15 is 0 Å². The molecule has 0 aliphatic heterocycles. The summed E-state index contributed by atoms with van der Waals surface area (Å²) < 4.78 is 0.978. The molecule has 0 aromatic heterocycles. The summed E-state index contributed by atoms with van der Waals surface area (Å²) in [5, 5.41) is 12.6. The minimum atomic E-state index is 0.272. The summed E-state index contributed by atoms with van der Waals surface area (Å²) in [4.78, 5) is 0. The second kappa shape index (κ2) is 6.21. The highest BCUT2D eigenvalue weighted by Crippen LogP contribution is 2.30. The van der Waals surface area contributed by atoms with Crippen molar-refractivity contribution in [1.82, 2.24) is 0 Å². The van der Waals surface area contributed by atoms with E-state index in [0.717, 1.165) is 10.2 Å². The second-order valence-corrected chi connectivity index (χ2v) is 5.75. The van der Waals surface area contributed by atoms with Crippen LogP contribution in [0.15, 0.2) is 22.7 Å². The molecule has 0 spiro atoms. The Kier molecular flexibility index (Phi) is 4.62. The number of nitriles is 1. The van der Waals surface area contributed by atoms with Crippen LogP contribution in [0.4, 0.5) is 5.69 Å². The van der Waals surface area contributed by atoms with Crippen LogP contribution < -0.4 is 11.1 Å². The maximum absolute atomic E-state index is 9.12. The number of rotatable bonds is 4. The van der Waals surface area contributed by atoms with Crippen LogP contribution in [0.5, 0.6) is 0 Å². The van der Waals surface area contributed by atoms with Crippen LogP contribution in [0.25, 0.3) is 0 Å². The van der Waals surface area contributed by atoms with Gasteiger partial charge in [0.2, 0.25) is 0 Å². The van der Waals surface area contributed by atoms with Gasteiger partial charge in [-0.2, -0.15) is 5.26 Å². The Morgan fingerprint density at radius 2 is 2.17 bits per heavy atom. The normalized spacial score (nSPS) is 17.4. The molecule has 2 rings (SSSR count). The molecule has 1 aliphatic carbocycles. The molecule has 0 amide bonds. The zero-order valence-electron chi connectivity index (χ0n) is 10.3. The summed E-state index contributed by atoms with van der Waals surface area (Å²) in [6.45, 7) is 0.613. The standard InChI is InChI=1S/C14H18BrN3/c15-12-6-5-11(8-16)13(7-12)18-14(9-17)10-3-1-2-4-10/h5-7,10,14,18H,1-4,9,17H2. The van der Waals surface area contributed by atoms with Gasteiger partial charge in [-0.15, -0.1) is 0 Å². The van der Waals surface area contributed by atoms with E-state index in [9.17, 15) is 0 Å². The Bertz CT molecular complexity index is 447. The minimum absolute atomic E-state index is 0.272. The van der Waals surface area contributed by atoms with E-state index in [1.165, 1.54) is 25.7 Å². The van der Waals surface area contributed by atoms with Crippen molar-refractivity contribution in [3.05, 3.63) is 28.2 Å². The molecule has 0 heterocycles. The van der Waals surface area contributed by atoms with Gasteiger partial charge in [-0.1, -0.05) is 28.8 Å². The van der Waals surface area contributed by atoms with Gasteiger partial charge in [0.25, 0.3) is 0 Å². The van der Waals surface area contributed by atoms with Crippen molar-refractivity contribution in [2.24, 2.45) is 11.7 Å². The van der Waals surface area contributed by atoms with Crippen LogP contribution in [0.3, 0.4) is 0 Å². The number of halogens is 1. The molecular weight excluding hydrogens is 290 g/mol. The zero-order valence-corrected chi connectivity index (χ0v) is 11.9. The maximum atomic E-state index is 9.12. The fourth-order valence-electron chi connectivity index (χ4n) is 2.66. The first-order chi connectivity index (χ1) is 8.74. The highest BCUT2D eigenvalue weighted by molar-refractivity contribution is 9.10. The number of benzene rings is 1. The molecule has 1 aromatic rings. The van der Waals surface area contributed by atoms with E-state index in [-0.39, 0.29) is 6.04 Å². The van der Waals surface area contributed by atoms with Crippen molar-refractivity contribution in [2.75, 3.05) is 11.9 Å². The molecule has 1 aliphatic rings. The summed E-state index contributed by atoms with van der Waals surface area (Å²) in [7, 11) is 0. The van der Waals surface area contributed by atoms with Crippen LogP contribution in [-0.2, 0) is 0 Å². The molecule has 1 saturated carbocycles. The minimum Gasteiger partial charge on any atom is -0.380 e. The van der Waals surface area contributed by atoms with Crippen LogP contribution in [0.1, 0.15) is 31.2 Å². The lowest BCUT2D eigenvalue weighted by Crippen LogP contribution is -2.35. The molecule has 0 radical (unpaired) electrons. The third-order valence-electron chi connectivity index (χ3n) is 3.67. The van der Waals surface area contributed by atoms with Gasteiger partial charge < -0.3 is 11.1 Å². The highest BCUT2D eigenvalue weighted by atomic mass is 79.9. The SMILES string of the molecule is N#Cc1ccc(Br)cc1NC(CN)C1CCCC1. The third-order valence-corrected chi connectivity index (χ3v) is 4.16. The molecule has 0 bridgehead atoms. The molecule has 1 fully saturated rings. The van der Waals surface area contributed by atoms with E-state index < -0.39 is 0 Å². The Balaban J connectivity index is 2.16. The average molecular weight is 308 g/mol. The van der Waals surface area contributed by atoms with Crippen LogP contribution in [0.2, 0.25) is 0 Å². The summed E-state index contributed by atoms with van der Waals surface area (Å²) in [6.07, 6.45) is 5.08. The van der Waals surface area contributed by atoms with Gasteiger partial charge in [-0.25, -0.2) is 0 Å². The molecule has 1 aromatic carbocycles. The van der Waals surface area contributed by atoms with E-state index in [0.29, 0.717) is 18.0 Å². The largest absolute Gasteiger partial charge is 0.380 e. The summed E-state index contributed by atoms with van der Waals surface area (Å²) in [6, 6.07) is 8.16. The van der Waals surface area contributed by atoms with Gasteiger partial charge in [0, 0.05) is 17.1 Å².